The molecule has 2 aliphatic heterocycles. The van der Waals surface area contributed by atoms with E-state index in [1.54, 1.807) is 16.7 Å². The molecule has 24 heteroatoms. The Bertz CT molecular complexity index is 2490. The number of pyridine rings is 1. The Labute approximate surface area is 387 Å². The summed E-state index contributed by atoms with van der Waals surface area (Å²) in [5, 5.41) is 96.1. The van der Waals surface area contributed by atoms with Crippen molar-refractivity contribution in [2.24, 2.45) is 11.5 Å². The van der Waals surface area contributed by atoms with Gasteiger partial charge in [0.15, 0.2) is 19.1 Å². The van der Waals surface area contributed by atoms with Crippen LogP contribution in [0.3, 0.4) is 0 Å². The number of carboxylic acid groups (broad SMARTS) is 2. The maximum atomic E-state index is 12.5. The number of aliphatic hydroxyl groups is 7. The molecule has 68 heavy (non-hydrogen) atoms. The first-order chi connectivity index (χ1) is 32.1. The summed E-state index contributed by atoms with van der Waals surface area (Å²) in [5.74, 6) is -2.61. The second-order valence-corrected chi connectivity index (χ2v) is 18.3. The minimum atomic E-state index is -4.83. The Morgan fingerprint density at radius 2 is 1.21 bits per heavy atom. The minimum Gasteiger partial charge on any atom is -0.495 e. The largest absolute Gasteiger partial charge is 0.495 e. The Morgan fingerprint density at radius 3 is 1.72 bits per heavy atom. The van der Waals surface area contributed by atoms with E-state index in [0.717, 1.165) is 0 Å². The van der Waals surface area contributed by atoms with Crippen LogP contribution in [-0.4, -0.2) is 176 Å². The number of rotatable bonds is 14. The second kappa shape index (κ2) is 20.5. The Kier molecular flexibility index (Phi) is 15.3. The van der Waals surface area contributed by atoms with Gasteiger partial charge in [0.1, 0.15) is 77.7 Å². The van der Waals surface area contributed by atoms with Crippen molar-refractivity contribution in [3.8, 4) is 39.4 Å². The highest BCUT2D eigenvalue weighted by molar-refractivity contribution is 7.86. The molecule has 1 aromatic heterocycles. The summed E-state index contributed by atoms with van der Waals surface area (Å²) in [4.78, 5) is 23.2. The van der Waals surface area contributed by atoms with Crippen LogP contribution < -0.4 is 26.5 Å². The number of methoxy groups -OCH3 is 1. The molecule has 0 bridgehead atoms. The Morgan fingerprint density at radius 1 is 0.691 bits per heavy atom. The number of hydrogen-bond acceptors (Lipinski definition) is 18. The van der Waals surface area contributed by atoms with E-state index in [0.29, 0.717) is 16.7 Å². The molecule has 0 spiro atoms. The lowest BCUT2D eigenvalue weighted by Gasteiger charge is -2.47. The number of aliphatic hydroxyl groups excluding tert-OH is 7. The number of ether oxygens (including phenoxy) is 5. The SMILES string of the molecule is COc1ccc(-c2cc(-c3ccc(C(=O)O)cc3)[n+](CC3OC(OC4C([NH3+])CC(N)C(OC5OC(CO)C(O)C(N)C5O)C4O)C(O)C(O)C3O)c(-c3ccc(C(=O)O)cc3)c2)cc1S(=O)(=O)O. The van der Waals surface area contributed by atoms with Crippen molar-refractivity contribution in [1.82, 2.24) is 0 Å². The highest BCUT2D eigenvalue weighted by Crippen LogP contribution is 2.36. The number of nitrogens with two attached hydrogens (primary N) is 2. The van der Waals surface area contributed by atoms with E-state index >= 15 is 0 Å². The van der Waals surface area contributed by atoms with Crippen LogP contribution in [0.15, 0.2) is 83.8 Å². The topological polar surface area (TPSA) is 400 Å². The standard InChI is InChI=1S/C44H52N4O19S/c1-63-28-11-10-22(14-31(28)68(60,61)62)23-12-26(18-2-6-20(7-3-18)41(56)57)48(27(13-23)19-4-8-21(9-5-19)42(58)59)16-29-34(51)36(53)37(54)44(64-29)67-40-25(46)15-24(45)39(38(40)55)66-43-35(52)32(47)33(50)30(17-49)65-43/h2-14,24-25,29-30,32-40,43-44,49-55H,15-17,45-47H2,1H3,(H2-,56,57,58,59,60,61,62)/p+2. The minimum absolute atomic E-state index is 0.0287. The van der Waals surface area contributed by atoms with Crippen molar-refractivity contribution in [3.63, 3.8) is 0 Å². The molecule has 0 radical (unpaired) electrons. The van der Waals surface area contributed by atoms with E-state index in [9.17, 15) is 68.5 Å². The van der Waals surface area contributed by atoms with Crippen LogP contribution in [0.5, 0.6) is 5.75 Å². The molecule has 15 unspecified atom stereocenters. The van der Waals surface area contributed by atoms with Crippen molar-refractivity contribution < 1.29 is 103 Å². The predicted octanol–water partition coefficient (Wildman–Crippen LogP) is -3.33. The van der Waals surface area contributed by atoms with Gasteiger partial charge in [0.2, 0.25) is 11.4 Å². The van der Waals surface area contributed by atoms with Crippen molar-refractivity contribution in [3.05, 3.63) is 90.0 Å². The smallest absolute Gasteiger partial charge is 0.335 e. The Hall–Kier alpha value is -5.10. The van der Waals surface area contributed by atoms with E-state index in [2.05, 4.69) is 5.73 Å². The van der Waals surface area contributed by atoms with Crippen molar-refractivity contribution in [2.45, 2.75) is 110 Å². The van der Waals surface area contributed by atoms with Gasteiger partial charge in [0.25, 0.3) is 10.1 Å². The number of aromatic nitrogens is 1. The Balaban J connectivity index is 1.29. The van der Waals surface area contributed by atoms with Gasteiger partial charge < -0.3 is 86.8 Å². The fraction of sp³-hybridized carbons (Fsp3) is 0.432. The van der Waals surface area contributed by atoms with Gasteiger partial charge in [-0.25, -0.2) is 9.59 Å². The van der Waals surface area contributed by atoms with E-state index in [1.807, 2.05) is 0 Å². The van der Waals surface area contributed by atoms with Crippen LogP contribution in [0.4, 0.5) is 0 Å². The number of aromatic carboxylic acids is 2. The van der Waals surface area contributed by atoms with Crippen LogP contribution >= 0.6 is 0 Å². The number of carbonyl (C=O) groups is 2. The van der Waals surface area contributed by atoms with Gasteiger partial charge in [-0.05, 0) is 71.8 Å². The highest BCUT2D eigenvalue weighted by Gasteiger charge is 2.53. The molecule has 0 amide bonds. The van der Waals surface area contributed by atoms with E-state index in [1.165, 1.54) is 73.8 Å². The molecule has 3 heterocycles. The van der Waals surface area contributed by atoms with Gasteiger partial charge in [-0.3, -0.25) is 4.55 Å². The summed E-state index contributed by atoms with van der Waals surface area (Å²) >= 11 is 0. The van der Waals surface area contributed by atoms with Crippen LogP contribution in [0.1, 0.15) is 27.1 Å². The molecule has 2 saturated heterocycles. The number of benzene rings is 3. The normalized spacial score (nSPS) is 32.1. The van der Waals surface area contributed by atoms with Gasteiger partial charge in [-0.15, -0.1) is 0 Å². The van der Waals surface area contributed by atoms with Gasteiger partial charge in [0.05, 0.1) is 30.9 Å². The lowest BCUT2D eigenvalue weighted by Crippen LogP contribution is -2.77. The summed E-state index contributed by atoms with van der Waals surface area (Å²) in [5.41, 5.74) is 18.1. The average molecular weight is 975 g/mol. The fourth-order valence-electron chi connectivity index (χ4n) is 8.70. The first-order valence-corrected chi connectivity index (χ1v) is 22.6. The molecule has 17 N–H and O–H groups in total. The third kappa shape index (κ3) is 10.3. The van der Waals surface area contributed by atoms with Crippen LogP contribution in [0.2, 0.25) is 0 Å². The molecule has 1 saturated carbocycles. The monoisotopic (exact) mass is 974 g/mol. The third-order valence-corrected chi connectivity index (χ3v) is 13.4. The van der Waals surface area contributed by atoms with Gasteiger partial charge >= 0.3 is 11.9 Å². The van der Waals surface area contributed by atoms with Gasteiger partial charge in [-0.1, -0.05) is 6.07 Å². The zero-order chi connectivity index (χ0) is 49.5. The quantitative estimate of drug-likeness (QED) is 0.0434. The molecule has 3 fully saturated rings. The molecule has 3 aliphatic rings. The number of hydrogen-bond donors (Lipinski definition) is 13. The molecule has 3 aromatic carbocycles. The molecule has 15 atom stereocenters. The van der Waals surface area contributed by atoms with Gasteiger partial charge in [-0.2, -0.15) is 13.0 Å². The first-order valence-electron chi connectivity index (χ1n) is 21.2. The van der Waals surface area contributed by atoms with Gasteiger partial charge in [0, 0.05) is 35.7 Å². The molecular formula is C44H54N4O19S+2. The summed E-state index contributed by atoms with van der Waals surface area (Å²) < 4.78 is 65.7. The zero-order valence-corrected chi connectivity index (χ0v) is 37.0. The highest BCUT2D eigenvalue weighted by atomic mass is 32.2. The molecule has 7 rings (SSSR count). The third-order valence-electron chi connectivity index (χ3n) is 12.5. The number of nitrogens with zero attached hydrogens (tertiary/aromatic N) is 1. The summed E-state index contributed by atoms with van der Waals surface area (Å²) in [6, 6.07) is 15.4. The molecular weight excluding hydrogens is 921 g/mol. The van der Waals surface area contributed by atoms with Crippen molar-refractivity contribution in [1.29, 1.82) is 0 Å². The lowest BCUT2D eigenvalue weighted by atomic mass is 9.84. The van der Waals surface area contributed by atoms with Crippen LogP contribution in [-0.2, 0) is 35.6 Å². The maximum absolute atomic E-state index is 12.5. The fourth-order valence-corrected chi connectivity index (χ4v) is 9.38. The summed E-state index contributed by atoms with van der Waals surface area (Å²) in [6.45, 7) is -1.07. The molecule has 4 aromatic rings. The molecule has 23 nitrogen and oxygen atoms in total. The lowest BCUT2D eigenvalue weighted by molar-refractivity contribution is -0.686. The zero-order valence-electron chi connectivity index (χ0n) is 36.2. The first kappa shape index (κ1) is 50.8. The summed E-state index contributed by atoms with van der Waals surface area (Å²) in [6.07, 6.45) is -19.2. The van der Waals surface area contributed by atoms with Crippen molar-refractivity contribution >= 4 is 22.1 Å². The molecule has 1 aliphatic carbocycles. The number of carboxylic acids is 2. The van der Waals surface area contributed by atoms with Crippen molar-refractivity contribution in [2.75, 3.05) is 13.7 Å². The average Bonchev–Trinajstić information content (AvgIpc) is 3.31. The van der Waals surface area contributed by atoms with Crippen LogP contribution in [0, 0.1) is 0 Å². The van der Waals surface area contributed by atoms with Crippen LogP contribution in [0.25, 0.3) is 33.6 Å². The van der Waals surface area contributed by atoms with E-state index < -0.39 is 125 Å². The summed E-state index contributed by atoms with van der Waals surface area (Å²) in [7, 11) is -3.61. The predicted molar refractivity (Wildman–Crippen MR) is 231 cm³/mol. The van der Waals surface area contributed by atoms with E-state index in [-0.39, 0.29) is 46.8 Å². The van der Waals surface area contributed by atoms with E-state index in [4.69, 9.17) is 35.2 Å². The number of quaternary nitrogens is 1. The second-order valence-electron chi connectivity index (χ2n) is 16.9. The molecule has 368 valence electrons. The maximum Gasteiger partial charge on any atom is 0.335 e.